The van der Waals surface area contributed by atoms with Crippen LogP contribution in [0.4, 0.5) is 0 Å². The highest BCUT2D eigenvalue weighted by molar-refractivity contribution is 7.90. The summed E-state index contributed by atoms with van der Waals surface area (Å²) in [5, 5.41) is 9.39. The lowest BCUT2D eigenvalue weighted by Gasteiger charge is -2.18. The highest BCUT2D eigenvalue weighted by Gasteiger charge is 2.23. The summed E-state index contributed by atoms with van der Waals surface area (Å²) < 4.78 is 33.0. The number of aromatic nitrogens is 1. The van der Waals surface area contributed by atoms with E-state index in [4.69, 9.17) is 4.74 Å². The summed E-state index contributed by atoms with van der Waals surface area (Å²) in [7, 11) is -4.29. The molecule has 188 valence electrons. The Labute approximate surface area is 208 Å². The number of carbonyl (C=O) groups is 3. The molecule has 0 fully saturated rings. The summed E-state index contributed by atoms with van der Waals surface area (Å²) in [6.07, 6.45) is 0.954. The largest absolute Gasteiger partial charge is 0.486 e. The molecule has 36 heavy (non-hydrogen) atoms. The van der Waals surface area contributed by atoms with Crippen molar-refractivity contribution in [3.63, 3.8) is 0 Å². The minimum absolute atomic E-state index is 0.0186. The number of aromatic carboxylic acids is 1. The Balaban J connectivity index is 1.78. The van der Waals surface area contributed by atoms with Crippen LogP contribution >= 0.6 is 0 Å². The molecule has 11 heteroatoms. The van der Waals surface area contributed by atoms with Gasteiger partial charge in [0, 0.05) is 24.8 Å². The van der Waals surface area contributed by atoms with Gasteiger partial charge in [0.1, 0.15) is 6.61 Å². The summed E-state index contributed by atoms with van der Waals surface area (Å²) in [6.45, 7) is 4.72. The molecular weight excluding hydrogens is 486 g/mol. The van der Waals surface area contributed by atoms with Gasteiger partial charge in [0.05, 0.1) is 10.5 Å². The molecule has 0 saturated carbocycles. The summed E-state index contributed by atoms with van der Waals surface area (Å²) in [5.41, 5.74) is 0.450. The number of hydrogen-bond donors (Lipinski definition) is 2. The second kappa shape index (κ2) is 11.5. The standard InChI is InChI=1S/C25H25N3O7S/c1-3-28(4-2)24(30)18-10-12-20(13-11-18)36(33,34)27-23(29)19-14-21(22(25(31)32)26-15-19)35-16-17-8-6-5-7-9-17/h5-15H,3-4,16H2,1-2H3,(H,27,29)(H,31,32). The number of amides is 2. The second-order valence-electron chi connectivity index (χ2n) is 7.59. The van der Waals surface area contributed by atoms with E-state index in [1.807, 2.05) is 24.6 Å². The van der Waals surface area contributed by atoms with E-state index in [0.717, 1.165) is 17.8 Å². The molecule has 3 aromatic rings. The lowest BCUT2D eigenvalue weighted by Crippen LogP contribution is -2.31. The predicted molar refractivity (Wildman–Crippen MR) is 130 cm³/mol. The second-order valence-corrected chi connectivity index (χ2v) is 9.27. The van der Waals surface area contributed by atoms with Gasteiger partial charge in [0.25, 0.3) is 21.8 Å². The Morgan fingerprint density at radius 1 is 0.972 bits per heavy atom. The van der Waals surface area contributed by atoms with Crippen LogP contribution in [0.15, 0.2) is 71.8 Å². The molecule has 0 unspecified atom stereocenters. The maximum Gasteiger partial charge on any atom is 0.358 e. The first-order chi connectivity index (χ1) is 17.2. The molecule has 3 rings (SSSR count). The minimum atomic E-state index is -4.29. The van der Waals surface area contributed by atoms with Crippen LogP contribution in [0.2, 0.25) is 0 Å². The van der Waals surface area contributed by atoms with Gasteiger partial charge in [-0.15, -0.1) is 0 Å². The summed E-state index contributed by atoms with van der Waals surface area (Å²) >= 11 is 0. The van der Waals surface area contributed by atoms with Crippen molar-refractivity contribution in [3.8, 4) is 5.75 Å². The number of carboxylic acids is 1. The number of rotatable bonds is 10. The molecule has 0 saturated heterocycles. The van der Waals surface area contributed by atoms with E-state index in [9.17, 15) is 27.9 Å². The van der Waals surface area contributed by atoms with Crippen LogP contribution in [0.5, 0.6) is 5.75 Å². The molecule has 0 aliphatic rings. The van der Waals surface area contributed by atoms with Crippen LogP contribution in [-0.4, -0.2) is 54.3 Å². The fourth-order valence-corrected chi connectivity index (χ4v) is 4.26. The quantitative estimate of drug-likeness (QED) is 0.423. The van der Waals surface area contributed by atoms with Crippen LogP contribution in [0, 0.1) is 0 Å². The number of benzene rings is 2. The van der Waals surface area contributed by atoms with Crippen molar-refractivity contribution in [2.75, 3.05) is 13.1 Å². The van der Waals surface area contributed by atoms with Crippen molar-refractivity contribution < 1.29 is 32.6 Å². The Morgan fingerprint density at radius 3 is 2.19 bits per heavy atom. The number of pyridine rings is 1. The Morgan fingerprint density at radius 2 is 1.61 bits per heavy atom. The molecule has 0 aliphatic carbocycles. The monoisotopic (exact) mass is 511 g/mol. The van der Waals surface area contributed by atoms with Gasteiger partial charge in [-0.3, -0.25) is 9.59 Å². The zero-order valence-electron chi connectivity index (χ0n) is 19.7. The van der Waals surface area contributed by atoms with Crippen molar-refractivity contribution in [3.05, 3.63) is 89.2 Å². The SMILES string of the molecule is CCN(CC)C(=O)c1ccc(S(=O)(=O)NC(=O)c2cnc(C(=O)O)c(OCc3ccccc3)c2)cc1. The molecule has 1 aromatic heterocycles. The van der Waals surface area contributed by atoms with E-state index in [1.54, 1.807) is 29.2 Å². The average Bonchev–Trinajstić information content (AvgIpc) is 2.88. The highest BCUT2D eigenvalue weighted by Crippen LogP contribution is 2.21. The van der Waals surface area contributed by atoms with E-state index in [0.29, 0.717) is 18.7 Å². The topological polar surface area (TPSA) is 143 Å². The molecule has 0 spiro atoms. The number of nitrogens with one attached hydrogen (secondary N) is 1. The summed E-state index contributed by atoms with van der Waals surface area (Å²) in [4.78, 5) is 41.8. The van der Waals surface area contributed by atoms with Gasteiger partial charge >= 0.3 is 5.97 Å². The van der Waals surface area contributed by atoms with Crippen LogP contribution < -0.4 is 9.46 Å². The molecule has 2 amide bonds. The number of hydrogen-bond acceptors (Lipinski definition) is 7. The zero-order chi connectivity index (χ0) is 26.3. The molecule has 2 aromatic carbocycles. The molecule has 0 aliphatic heterocycles. The minimum Gasteiger partial charge on any atom is -0.486 e. The van der Waals surface area contributed by atoms with E-state index < -0.39 is 27.6 Å². The maximum absolute atomic E-state index is 12.7. The highest BCUT2D eigenvalue weighted by atomic mass is 32.2. The fraction of sp³-hybridized carbons (Fsp3) is 0.200. The summed E-state index contributed by atoms with van der Waals surface area (Å²) in [5.74, 6) is -2.81. The number of nitrogens with zero attached hydrogens (tertiary/aromatic N) is 2. The number of carbonyl (C=O) groups excluding carboxylic acids is 2. The Kier molecular flexibility index (Phi) is 8.38. The van der Waals surface area contributed by atoms with E-state index >= 15 is 0 Å². The molecule has 0 radical (unpaired) electrons. The van der Waals surface area contributed by atoms with Gasteiger partial charge in [0.15, 0.2) is 11.4 Å². The predicted octanol–water partition coefficient (Wildman–Crippen LogP) is 2.96. The first-order valence-corrected chi connectivity index (χ1v) is 12.5. The van der Waals surface area contributed by atoms with E-state index in [-0.39, 0.29) is 28.7 Å². The Hall–Kier alpha value is -4.25. The van der Waals surface area contributed by atoms with E-state index in [2.05, 4.69) is 4.98 Å². The third kappa shape index (κ3) is 6.25. The lowest BCUT2D eigenvalue weighted by molar-refractivity contribution is 0.0683. The van der Waals surface area contributed by atoms with Crippen molar-refractivity contribution >= 4 is 27.8 Å². The third-order valence-electron chi connectivity index (χ3n) is 5.24. The molecule has 0 bridgehead atoms. The molecule has 2 N–H and O–H groups in total. The smallest absolute Gasteiger partial charge is 0.358 e. The fourth-order valence-electron chi connectivity index (χ4n) is 3.28. The average molecular weight is 512 g/mol. The molecule has 0 atom stereocenters. The van der Waals surface area contributed by atoms with Crippen molar-refractivity contribution in [2.45, 2.75) is 25.3 Å². The van der Waals surface area contributed by atoms with Crippen LogP contribution in [-0.2, 0) is 16.6 Å². The third-order valence-corrected chi connectivity index (χ3v) is 6.59. The van der Waals surface area contributed by atoms with Gasteiger partial charge in [-0.25, -0.2) is 22.9 Å². The van der Waals surface area contributed by atoms with Gasteiger partial charge in [-0.2, -0.15) is 0 Å². The van der Waals surface area contributed by atoms with Crippen molar-refractivity contribution in [1.82, 2.24) is 14.6 Å². The number of carboxylic acid groups (broad SMARTS) is 1. The van der Waals surface area contributed by atoms with Gasteiger partial charge < -0.3 is 14.7 Å². The van der Waals surface area contributed by atoms with Gasteiger partial charge in [0.2, 0.25) is 0 Å². The maximum atomic E-state index is 12.7. The number of ether oxygens (including phenoxy) is 1. The van der Waals surface area contributed by atoms with Gasteiger partial charge in [-0.05, 0) is 49.7 Å². The van der Waals surface area contributed by atoms with E-state index in [1.165, 1.54) is 24.3 Å². The number of sulfonamides is 1. The van der Waals surface area contributed by atoms with Crippen molar-refractivity contribution in [1.29, 1.82) is 0 Å². The van der Waals surface area contributed by atoms with Crippen LogP contribution in [0.1, 0.15) is 50.6 Å². The Bertz CT molecular complexity index is 1350. The van der Waals surface area contributed by atoms with Crippen molar-refractivity contribution in [2.24, 2.45) is 0 Å². The van der Waals surface area contributed by atoms with Gasteiger partial charge in [-0.1, -0.05) is 30.3 Å². The normalized spacial score (nSPS) is 10.9. The molecule has 10 nitrogen and oxygen atoms in total. The first kappa shape index (κ1) is 26.4. The summed E-state index contributed by atoms with van der Waals surface area (Å²) in [6, 6.07) is 15.3. The molecular formula is C25H25N3O7S. The van der Waals surface area contributed by atoms with Crippen LogP contribution in [0.3, 0.4) is 0 Å². The molecule has 1 heterocycles. The zero-order valence-corrected chi connectivity index (χ0v) is 20.5. The lowest BCUT2D eigenvalue weighted by atomic mass is 10.2. The van der Waals surface area contributed by atoms with Crippen LogP contribution in [0.25, 0.3) is 0 Å². The first-order valence-electron chi connectivity index (χ1n) is 11.0.